The molecule has 0 aromatic heterocycles. The van der Waals surface area contributed by atoms with Crippen molar-refractivity contribution in [1.82, 2.24) is 9.80 Å². The molecule has 0 bridgehead atoms. The predicted octanol–water partition coefficient (Wildman–Crippen LogP) is 5.11. The molecule has 4 rings (SSSR count). The Morgan fingerprint density at radius 1 is 0.548 bits per heavy atom. The van der Waals surface area contributed by atoms with Gasteiger partial charge in [0.1, 0.15) is 0 Å². The van der Waals surface area contributed by atoms with Gasteiger partial charge in [0, 0.05) is 11.1 Å². The number of benzene rings is 2. The minimum absolute atomic E-state index is 0. The number of likely N-dealkylation sites (tertiary alicyclic amines) is 2. The quantitative estimate of drug-likeness (QED) is 0.561. The molecule has 0 atom stereocenters. The van der Waals surface area contributed by atoms with Gasteiger partial charge in [0.25, 0.3) is 0 Å². The highest BCUT2D eigenvalue weighted by Gasteiger charge is 2.16. The lowest BCUT2D eigenvalue weighted by molar-refractivity contribution is 0.0908. The van der Waals surface area contributed by atoms with E-state index in [1.165, 1.54) is 38.5 Å². The van der Waals surface area contributed by atoms with Crippen LogP contribution in [-0.4, -0.2) is 60.6 Å². The number of Topliss-reactive ketones (excluding diaryl/α,β-unsaturated/α-hetero) is 2. The average Bonchev–Trinajstić information content (AvgIpc) is 2.80. The lowest BCUT2D eigenvalue weighted by Crippen LogP contribution is -2.34. The van der Waals surface area contributed by atoms with E-state index in [1.807, 2.05) is 48.5 Å². The molecule has 0 amide bonds. The van der Waals surface area contributed by atoms with Gasteiger partial charge in [-0.25, -0.2) is 0 Å². The summed E-state index contributed by atoms with van der Waals surface area (Å²) in [6.07, 6.45) is 7.35. The highest BCUT2D eigenvalue weighted by Crippen LogP contribution is 2.21. The number of hydrogen-bond donors (Lipinski definition) is 0. The Kier molecular flexibility index (Phi) is 8.82. The molecule has 0 N–H and O–H groups in total. The first kappa shape index (κ1) is 23.6. The summed E-state index contributed by atoms with van der Waals surface area (Å²) >= 11 is 0. The van der Waals surface area contributed by atoms with Gasteiger partial charge in [0.05, 0.1) is 13.1 Å². The van der Waals surface area contributed by atoms with Gasteiger partial charge in [0.15, 0.2) is 11.6 Å². The fraction of sp³-hybridized carbons (Fsp3) is 0.462. The average molecular weight is 441 g/mol. The highest BCUT2D eigenvalue weighted by molar-refractivity contribution is 5.99. The summed E-state index contributed by atoms with van der Waals surface area (Å²) in [6, 6.07) is 15.7. The van der Waals surface area contributed by atoms with Crippen LogP contribution in [-0.2, 0) is 0 Å². The van der Waals surface area contributed by atoms with Gasteiger partial charge < -0.3 is 0 Å². The molecule has 2 aromatic carbocycles. The summed E-state index contributed by atoms with van der Waals surface area (Å²) in [5.41, 5.74) is 3.69. The van der Waals surface area contributed by atoms with Crippen molar-refractivity contribution in [1.29, 1.82) is 0 Å². The number of hydrogen-bond acceptors (Lipinski definition) is 4. The number of rotatable bonds is 7. The fourth-order valence-corrected chi connectivity index (χ4v) is 4.52. The Hall–Kier alpha value is -2.01. The Bertz CT molecular complexity index is 778. The number of halogens is 1. The largest absolute Gasteiger partial charge is 0.296 e. The number of carbonyl (C=O) groups excluding carboxylic acids is 2. The van der Waals surface area contributed by atoms with Crippen LogP contribution in [0.5, 0.6) is 0 Å². The van der Waals surface area contributed by atoms with E-state index in [1.54, 1.807) is 0 Å². The van der Waals surface area contributed by atoms with Crippen molar-refractivity contribution in [3.05, 3.63) is 59.7 Å². The van der Waals surface area contributed by atoms with E-state index >= 15 is 0 Å². The molecular weight excluding hydrogens is 408 g/mol. The maximum atomic E-state index is 12.6. The van der Waals surface area contributed by atoms with E-state index in [4.69, 9.17) is 0 Å². The van der Waals surface area contributed by atoms with Gasteiger partial charge in [-0.1, -0.05) is 61.4 Å². The van der Waals surface area contributed by atoms with Crippen LogP contribution in [0, 0.1) is 0 Å². The summed E-state index contributed by atoms with van der Waals surface area (Å²) < 4.78 is 0. The molecule has 0 spiro atoms. The second kappa shape index (κ2) is 11.6. The summed E-state index contributed by atoms with van der Waals surface area (Å²) in [5, 5.41) is 0. The number of nitrogens with zero attached hydrogens (tertiary/aromatic N) is 2. The number of ketones is 2. The Labute approximate surface area is 192 Å². The first-order valence-corrected chi connectivity index (χ1v) is 11.4. The molecule has 2 heterocycles. The van der Waals surface area contributed by atoms with E-state index in [9.17, 15) is 9.59 Å². The monoisotopic (exact) mass is 440 g/mol. The second-order valence-corrected chi connectivity index (χ2v) is 8.67. The van der Waals surface area contributed by atoms with Gasteiger partial charge in [-0.2, -0.15) is 0 Å². The van der Waals surface area contributed by atoms with Gasteiger partial charge >= 0.3 is 0 Å². The van der Waals surface area contributed by atoms with E-state index in [-0.39, 0.29) is 24.0 Å². The minimum atomic E-state index is 0. The van der Waals surface area contributed by atoms with Crippen molar-refractivity contribution in [3.63, 3.8) is 0 Å². The first-order chi connectivity index (χ1) is 14.7. The van der Waals surface area contributed by atoms with Crippen LogP contribution in [0.25, 0.3) is 11.1 Å². The third kappa shape index (κ3) is 6.49. The van der Waals surface area contributed by atoms with Crippen LogP contribution in [0.4, 0.5) is 0 Å². The SMILES string of the molecule is Cl.O=C(CN1CCCCC1)c1ccc(-c2ccc(C(=O)CN3CCCCC3)cc2)cc1. The summed E-state index contributed by atoms with van der Waals surface area (Å²) in [7, 11) is 0. The number of carbonyl (C=O) groups is 2. The molecule has 0 aliphatic carbocycles. The molecule has 2 aromatic rings. The Morgan fingerprint density at radius 3 is 1.19 bits per heavy atom. The summed E-state index contributed by atoms with van der Waals surface area (Å²) in [4.78, 5) is 29.6. The molecule has 5 heteroatoms. The van der Waals surface area contributed by atoms with Gasteiger partial charge in [-0.15, -0.1) is 12.4 Å². The van der Waals surface area contributed by atoms with Crippen molar-refractivity contribution >= 4 is 24.0 Å². The second-order valence-electron chi connectivity index (χ2n) is 8.67. The van der Waals surface area contributed by atoms with E-state index in [0.717, 1.165) is 48.4 Å². The predicted molar refractivity (Wildman–Crippen MR) is 128 cm³/mol. The van der Waals surface area contributed by atoms with Gasteiger partial charge in [-0.3, -0.25) is 19.4 Å². The van der Waals surface area contributed by atoms with Crippen molar-refractivity contribution < 1.29 is 9.59 Å². The van der Waals surface area contributed by atoms with Crippen LogP contribution in [0.3, 0.4) is 0 Å². The fourth-order valence-electron chi connectivity index (χ4n) is 4.52. The van der Waals surface area contributed by atoms with Crippen molar-refractivity contribution in [2.24, 2.45) is 0 Å². The van der Waals surface area contributed by atoms with Crippen molar-refractivity contribution in [2.75, 3.05) is 39.3 Å². The molecule has 0 saturated carbocycles. The smallest absolute Gasteiger partial charge is 0.176 e. The van der Waals surface area contributed by atoms with Gasteiger partial charge in [-0.05, 0) is 63.0 Å². The highest BCUT2D eigenvalue weighted by atomic mass is 35.5. The molecule has 2 aliphatic rings. The zero-order chi connectivity index (χ0) is 20.8. The maximum absolute atomic E-state index is 12.6. The zero-order valence-corrected chi connectivity index (χ0v) is 19.0. The lowest BCUT2D eigenvalue weighted by atomic mass is 9.99. The third-order valence-corrected chi connectivity index (χ3v) is 6.38. The minimum Gasteiger partial charge on any atom is -0.296 e. The van der Waals surface area contributed by atoms with E-state index in [0.29, 0.717) is 13.1 Å². The molecule has 2 fully saturated rings. The molecule has 0 unspecified atom stereocenters. The standard InChI is InChI=1S/C26H32N2O2.ClH/c29-25(19-27-15-3-1-4-16-27)23-11-7-21(8-12-23)22-9-13-24(14-10-22)26(30)20-28-17-5-2-6-18-28;/h7-14H,1-6,15-20H2;1H. The first-order valence-electron chi connectivity index (χ1n) is 11.4. The maximum Gasteiger partial charge on any atom is 0.176 e. The summed E-state index contributed by atoms with van der Waals surface area (Å²) in [5.74, 6) is 0.393. The molecule has 4 nitrogen and oxygen atoms in total. The molecule has 0 radical (unpaired) electrons. The normalized spacial score (nSPS) is 17.7. The van der Waals surface area contributed by atoms with Crippen molar-refractivity contribution in [3.8, 4) is 11.1 Å². The Balaban J connectivity index is 0.00000272. The van der Waals surface area contributed by atoms with Crippen molar-refractivity contribution in [2.45, 2.75) is 38.5 Å². The summed E-state index contributed by atoms with van der Waals surface area (Å²) in [6.45, 7) is 5.18. The molecule has 166 valence electrons. The van der Waals surface area contributed by atoms with E-state index < -0.39 is 0 Å². The molecular formula is C26H33ClN2O2. The van der Waals surface area contributed by atoms with Crippen LogP contribution < -0.4 is 0 Å². The molecule has 2 aliphatic heterocycles. The van der Waals surface area contributed by atoms with Crippen LogP contribution in [0.1, 0.15) is 59.2 Å². The van der Waals surface area contributed by atoms with Crippen LogP contribution >= 0.6 is 12.4 Å². The van der Waals surface area contributed by atoms with E-state index in [2.05, 4.69) is 9.80 Å². The topological polar surface area (TPSA) is 40.6 Å². The Morgan fingerprint density at radius 2 is 0.871 bits per heavy atom. The molecule has 31 heavy (non-hydrogen) atoms. The van der Waals surface area contributed by atoms with Gasteiger partial charge in [0.2, 0.25) is 0 Å². The molecule has 2 saturated heterocycles. The number of piperidine rings is 2. The zero-order valence-electron chi connectivity index (χ0n) is 18.2. The van der Waals surface area contributed by atoms with Crippen LogP contribution in [0.2, 0.25) is 0 Å². The lowest BCUT2D eigenvalue weighted by Gasteiger charge is -2.25. The van der Waals surface area contributed by atoms with Crippen LogP contribution in [0.15, 0.2) is 48.5 Å². The third-order valence-electron chi connectivity index (χ3n) is 6.38.